The standard InChI is InChI=1S/C19H19F2N3OS/c1-18-8-11-5-6-23-16(25-2)13(11)9-19(18,24-17(22)26-10-18)14-4-3-12(20)7-15(14)21/h3-7H,8-10H2,1-2H3,(H2,22,24)/t18-,19+/m1/s1. The summed E-state index contributed by atoms with van der Waals surface area (Å²) < 4.78 is 33.8. The molecule has 0 saturated carbocycles. The first-order valence-electron chi connectivity index (χ1n) is 8.33. The number of halogens is 2. The highest BCUT2D eigenvalue weighted by atomic mass is 32.2. The second-order valence-corrected chi connectivity index (χ2v) is 8.09. The van der Waals surface area contributed by atoms with Crippen molar-refractivity contribution in [2.45, 2.75) is 25.3 Å². The molecule has 1 aromatic carbocycles. The van der Waals surface area contributed by atoms with Gasteiger partial charge in [-0.05, 0) is 24.1 Å². The third-order valence-electron chi connectivity index (χ3n) is 5.53. The van der Waals surface area contributed by atoms with E-state index in [2.05, 4.69) is 11.9 Å². The number of ether oxygens (including phenoxy) is 1. The first-order valence-corrected chi connectivity index (χ1v) is 9.31. The van der Waals surface area contributed by atoms with E-state index in [1.54, 1.807) is 13.3 Å². The number of pyridine rings is 1. The van der Waals surface area contributed by atoms with E-state index in [9.17, 15) is 8.78 Å². The van der Waals surface area contributed by atoms with Crippen LogP contribution < -0.4 is 10.5 Å². The molecule has 1 aliphatic carbocycles. The zero-order chi connectivity index (χ0) is 18.5. The Balaban J connectivity index is 1.99. The first kappa shape index (κ1) is 17.3. The number of benzene rings is 1. The summed E-state index contributed by atoms with van der Waals surface area (Å²) in [6, 6.07) is 5.65. The molecule has 0 unspecified atom stereocenters. The minimum absolute atomic E-state index is 0.362. The van der Waals surface area contributed by atoms with Gasteiger partial charge in [0.05, 0.1) is 7.11 Å². The lowest BCUT2D eigenvalue weighted by molar-refractivity contribution is 0.146. The first-order chi connectivity index (χ1) is 12.4. The quantitative estimate of drug-likeness (QED) is 0.874. The van der Waals surface area contributed by atoms with E-state index >= 15 is 0 Å². The second-order valence-electron chi connectivity index (χ2n) is 7.10. The molecule has 0 amide bonds. The van der Waals surface area contributed by atoms with Crippen molar-refractivity contribution in [1.82, 2.24) is 4.98 Å². The topological polar surface area (TPSA) is 60.5 Å². The molecule has 0 fully saturated rings. The third-order valence-corrected chi connectivity index (χ3v) is 6.70. The van der Waals surface area contributed by atoms with Gasteiger partial charge in [-0.25, -0.2) is 13.8 Å². The average Bonchev–Trinajstić information content (AvgIpc) is 2.59. The average molecular weight is 375 g/mol. The van der Waals surface area contributed by atoms with Gasteiger partial charge in [0.25, 0.3) is 0 Å². The molecule has 4 rings (SSSR count). The highest BCUT2D eigenvalue weighted by Crippen LogP contribution is 2.56. The molecule has 0 bridgehead atoms. The fourth-order valence-corrected chi connectivity index (χ4v) is 5.21. The minimum Gasteiger partial charge on any atom is -0.481 e. The smallest absolute Gasteiger partial charge is 0.216 e. The van der Waals surface area contributed by atoms with Crippen LogP contribution >= 0.6 is 11.8 Å². The Labute approximate surface area is 154 Å². The van der Waals surface area contributed by atoms with Gasteiger partial charge in [0, 0.05) is 41.0 Å². The molecule has 1 aliphatic heterocycles. The van der Waals surface area contributed by atoms with Crippen molar-refractivity contribution in [2.75, 3.05) is 12.9 Å². The molecule has 2 aromatic rings. The summed E-state index contributed by atoms with van der Waals surface area (Å²) in [5.41, 5.74) is 7.14. The summed E-state index contributed by atoms with van der Waals surface area (Å²) in [6.45, 7) is 2.09. The number of amidine groups is 1. The van der Waals surface area contributed by atoms with Crippen molar-refractivity contribution in [3.63, 3.8) is 0 Å². The van der Waals surface area contributed by atoms with Gasteiger partial charge in [0.2, 0.25) is 5.88 Å². The minimum atomic E-state index is -0.927. The highest BCUT2D eigenvalue weighted by Gasteiger charge is 2.56. The van der Waals surface area contributed by atoms with Crippen molar-refractivity contribution in [1.29, 1.82) is 0 Å². The molecule has 7 heteroatoms. The van der Waals surface area contributed by atoms with E-state index in [4.69, 9.17) is 15.5 Å². The molecule has 2 atom stereocenters. The molecule has 0 spiro atoms. The molecule has 136 valence electrons. The number of hydrogen-bond acceptors (Lipinski definition) is 5. The summed E-state index contributed by atoms with van der Waals surface area (Å²) in [7, 11) is 1.57. The predicted octanol–water partition coefficient (Wildman–Crippen LogP) is 3.43. The molecular weight excluding hydrogens is 356 g/mol. The SMILES string of the molecule is COc1nccc2c1C[C@@]1(c3ccc(F)cc3F)N=C(N)SC[C@@]1(C)C2. The second kappa shape index (κ2) is 5.94. The summed E-state index contributed by atoms with van der Waals surface area (Å²) in [5, 5.41) is 0.414. The van der Waals surface area contributed by atoms with Gasteiger partial charge in [-0.1, -0.05) is 24.8 Å². The molecule has 2 aliphatic rings. The van der Waals surface area contributed by atoms with Crippen molar-refractivity contribution in [3.05, 3.63) is 58.8 Å². The van der Waals surface area contributed by atoms with Crippen LogP contribution in [-0.2, 0) is 18.4 Å². The van der Waals surface area contributed by atoms with Crippen LogP contribution in [0.4, 0.5) is 8.78 Å². The van der Waals surface area contributed by atoms with Crippen LogP contribution in [0, 0.1) is 17.0 Å². The largest absolute Gasteiger partial charge is 0.481 e. The van der Waals surface area contributed by atoms with E-state index < -0.39 is 17.2 Å². The lowest BCUT2D eigenvalue weighted by Gasteiger charge is -2.52. The maximum absolute atomic E-state index is 14.9. The zero-order valence-electron chi connectivity index (χ0n) is 14.6. The maximum atomic E-state index is 14.9. The van der Waals surface area contributed by atoms with Gasteiger partial charge in [-0.2, -0.15) is 0 Å². The fourth-order valence-electron chi connectivity index (χ4n) is 4.18. The predicted molar refractivity (Wildman–Crippen MR) is 98.4 cm³/mol. The summed E-state index contributed by atoms with van der Waals surface area (Å²) >= 11 is 1.47. The van der Waals surface area contributed by atoms with Gasteiger partial charge in [0.15, 0.2) is 5.17 Å². The summed E-state index contributed by atoms with van der Waals surface area (Å²) in [5.74, 6) is -0.00479. The Morgan fingerprint density at radius 1 is 1.23 bits per heavy atom. The Kier molecular flexibility index (Phi) is 3.95. The van der Waals surface area contributed by atoms with E-state index in [0.29, 0.717) is 35.2 Å². The number of nitrogens with zero attached hydrogens (tertiary/aromatic N) is 2. The molecular formula is C19H19F2N3OS. The van der Waals surface area contributed by atoms with Crippen LogP contribution in [0.1, 0.15) is 23.6 Å². The number of thioether (sulfide) groups is 1. The van der Waals surface area contributed by atoms with E-state index in [-0.39, 0.29) is 5.41 Å². The van der Waals surface area contributed by atoms with Crippen molar-refractivity contribution in [3.8, 4) is 5.88 Å². The van der Waals surface area contributed by atoms with Crippen LogP contribution in [0.25, 0.3) is 0 Å². The lowest BCUT2D eigenvalue weighted by atomic mass is 9.59. The molecule has 2 N–H and O–H groups in total. The molecule has 0 saturated heterocycles. The van der Waals surface area contributed by atoms with Gasteiger partial charge < -0.3 is 10.5 Å². The van der Waals surface area contributed by atoms with Gasteiger partial charge in [-0.15, -0.1) is 0 Å². The Morgan fingerprint density at radius 2 is 2.04 bits per heavy atom. The van der Waals surface area contributed by atoms with E-state index in [1.807, 2.05) is 6.07 Å². The molecule has 0 radical (unpaired) electrons. The maximum Gasteiger partial charge on any atom is 0.216 e. The Bertz CT molecular complexity index is 920. The highest BCUT2D eigenvalue weighted by molar-refractivity contribution is 8.13. The number of aliphatic imine (C=N–C) groups is 1. The van der Waals surface area contributed by atoms with Crippen molar-refractivity contribution in [2.24, 2.45) is 16.1 Å². The summed E-state index contributed by atoms with van der Waals surface area (Å²) in [4.78, 5) is 9.04. The molecule has 26 heavy (non-hydrogen) atoms. The Morgan fingerprint density at radius 3 is 2.77 bits per heavy atom. The van der Waals surface area contributed by atoms with Crippen LogP contribution in [0.2, 0.25) is 0 Å². The lowest BCUT2D eigenvalue weighted by Crippen LogP contribution is -2.54. The number of rotatable bonds is 2. The zero-order valence-corrected chi connectivity index (χ0v) is 15.4. The number of fused-ring (bicyclic) bond motifs is 2. The van der Waals surface area contributed by atoms with Gasteiger partial charge >= 0.3 is 0 Å². The Hall–Kier alpha value is -2.15. The van der Waals surface area contributed by atoms with E-state index in [0.717, 1.165) is 17.2 Å². The van der Waals surface area contributed by atoms with Crippen molar-refractivity contribution < 1.29 is 13.5 Å². The van der Waals surface area contributed by atoms with Crippen LogP contribution in [0.15, 0.2) is 35.5 Å². The normalized spacial score (nSPS) is 27.3. The molecule has 2 heterocycles. The monoisotopic (exact) mass is 375 g/mol. The fraction of sp³-hybridized carbons (Fsp3) is 0.368. The molecule has 4 nitrogen and oxygen atoms in total. The van der Waals surface area contributed by atoms with Crippen molar-refractivity contribution >= 4 is 16.9 Å². The van der Waals surface area contributed by atoms with Crippen LogP contribution in [0.3, 0.4) is 0 Å². The van der Waals surface area contributed by atoms with Gasteiger partial charge in [-0.3, -0.25) is 4.99 Å². The van der Waals surface area contributed by atoms with Crippen LogP contribution in [-0.4, -0.2) is 23.0 Å². The third kappa shape index (κ3) is 2.40. The van der Waals surface area contributed by atoms with Gasteiger partial charge in [0.1, 0.15) is 17.2 Å². The number of hydrogen-bond donors (Lipinski definition) is 1. The van der Waals surface area contributed by atoms with E-state index in [1.165, 1.54) is 23.9 Å². The number of methoxy groups -OCH3 is 1. The molecule has 1 aromatic heterocycles. The number of aromatic nitrogens is 1. The number of nitrogens with two attached hydrogens (primary N) is 1. The summed E-state index contributed by atoms with van der Waals surface area (Å²) in [6.07, 6.45) is 2.81. The van der Waals surface area contributed by atoms with Crippen LogP contribution in [0.5, 0.6) is 5.88 Å².